The molecule has 2 atom stereocenters. The first kappa shape index (κ1) is 13.9. The zero-order valence-corrected chi connectivity index (χ0v) is 10.9. The van der Waals surface area contributed by atoms with Crippen LogP contribution in [0, 0.1) is 0 Å². The highest BCUT2D eigenvalue weighted by Crippen LogP contribution is 2.15. The standard InChI is InChI=1S/C12H26N2O2/c1-11(10-16-3)13-9-12-5-4-6-14(12)7-8-15-2/h11-13H,4-10H2,1-3H3. The van der Waals surface area contributed by atoms with Crippen LogP contribution < -0.4 is 5.32 Å². The number of hydrogen-bond donors (Lipinski definition) is 1. The SMILES string of the molecule is COCCN1CCCC1CNC(C)COC. The third-order valence-electron chi connectivity index (χ3n) is 3.20. The molecule has 4 nitrogen and oxygen atoms in total. The molecule has 0 aromatic carbocycles. The van der Waals surface area contributed by atoms with Crippen molar-refractivity contribution in [3.05, 3.63) is 0 Å². The first-order valence-electron chi connectivity index (χ1n) is 6.23. The summed E-state index contributed by atoms with van der Waals surface area (Å²) in [7, 11) is 3.52. The zero-order valence-electron chi connectivity index (χ0n) is 10.9. The molecule has 0 spiro atoms. The lowest BCUT2D eigenvalue weighted by atomic mass is 10.2. The van der Waals surface area contributed by atoms with Crippen molar-refractivity contribution in [1.29, 1.82) is 0 Å². The minimum Gasteiger partial charge on any atom is -0.383 e. The molecule has 1 fully saturated rings. The molecule has 1 saturated heterocycles. The van der Waals surface area contributed by atoms with E-state index in [1.807, 2.05) is 0 Å². The Kier molecular flexibility index (Phi) is 6.96. The van der Waals surface area contributed by atoms with Gasteiger partial charge in [-0.2, -0.15) is 0 Å². The van der Waals surface area contributed by atoms with Gasteiger partial charge in [0.25, 0.3) is 0 Å². The van der Waals surface area contributed by atoms with Crippen LogP contribution >= 0.6 is 0 Å². The van der Waals surface area contributed by atoms with Gasteiger partial charge in [0.1, 0.15) is 0 Å². The van der Waals surface area contributed by atoms with Crippen LogP contribution in [-0.2, 0) is 9.47 Å². The molecule has 2 unspecified atom stereocenters. The lowest BCUT2D eigenvalue weighted by Gasteiger charge is -2.25. The number of likely N-dealkylation sites (tertiary alicyclic amines) is 1. The maximum absolute atomic E-state index is 5.13. The van der Waals surface area contributed by atoms with Crippen molar-refractivity contribution in [2.75, 3.05) is 47.1 Å². The third-order valence-corrected chi connectivity index (χ3v) is 3.20. The Morgan fingerprint density at radius 1 is 1.38 bits per heavy atom. The van der Waals surface area contributed by atoms with E-state index >= 15 is 0 Å². The van der Waals surface area contributed by atoms with Gasteiger partial charge in [0.2, 0.25) is 0 Å². The summed E-state index contributed by atoms with van der Waals surface area (Å²) in [6, 6.07) is 1.12. The largest absolute Gasteiger partial charge is 0.383 e. The molecule has 1 heterocycles. The number of nitrogens with one attached hydrogen (secondary N) is 1. The average molecular weight is 230 g/mol. The maximum Gasteiger partial charge on any atom is 0.0613 e. The molecule has 0 saturated carbocycles. The molecule has 0 aliphatic carbocycles. The van der Waals surface area contributed by atoms with Gasteiger partial charge in [-0.05, 0) is 26.3 Å². The van der Waals surface area contributed by atoms with Crippen molar-refractivity contribution in [1.82, 2.24) is 10.2 Å². The molecule has 0 aromatic heterocycles. The molecular formula is C12H26N2O2. The van der Waals surface area contributed by atoms with Gasteiger partial charge in [-0.15, -0.1) is 0 Å². The third kappa shape index (κ3) is 4.78. The van der Waals surface area contributed by atoms with Gasteiger partial charge in [0.15, 0.2) is 0 Å². The summed E-state index contributed by atoms with van der Waals surface area (Å²) in [6.45, 7) is 7.12. The van der Waals surface area contributed by atoms with E-state index in [0.717, 1.165) is 26.3 Å². The number of methoxy groups -OCH3 is 2. The molecule has 1 rings (SSSR count). The van der Waals surface area contributed by atoms with Crippen molar-refractivity contribution in [3.8, 4) is 0 Å². The second-order valence-electron chi connectivity index (χ2n) is 4.59. The van der Waals surface area contributed by atoms with Crippen LogP contribution in [0.1, 0.15) is 19.8 Å². The first-order chi connectivity index (χ1) is 7.77. The van der Waals surface area contributed by atoms with Crippen LogP contribution in [0.15, 0.2) is 0 Å². The Morgan fingerprint density at radius 2 is 2.19 bits per heavy atom. The summed E-state index contributed by atoms with van der Waals surface area (Å²) in [6.07, 6.45) is 2.62. The second kappa shape index (κ2) is 8.01. The Balaban J connectivity index is 2.18. The lowest BCUT2D eigenvalue weighted by molar-refractivity contribution is 0.134. The highest BCUT2D eigenvalue weighted by atomic mass is 16.5. The van der Waals surface area contributed by atoms with Gasteiger partial charge < -0.3 is 14.8 Å². The van der Waals surface area contributed by atoms with Crippen LogP contribution in [0.4, 0.5) is 0 Å². The summed E-state index contributed by atoms with van der Waals surface area (Å²) >= 11 is 0. The Hall–Kier alpha value is -0.160. The van der Waals surface area contributed by atoms with E-state index in [2.05, 4.69) is 17.1 Å². The second-order valence-corrected chi connectivity index (χ2v) is 4.59. The predicted molar refractivity (Wildman–Crippen MR) is 65.8 cm³/mol. The summed E-state index contributed by atoms with van der Waals surface area (Å²) in [5, 5.41) is 3.52. The minimum absolute atomic E-state index is 0.440. The molecule has 1 aliphatic heterocycles. The normalized spacial score (nSPS) is 23.8. The molecular weight excluding hydrogens is 204 g/mol. The van der Waals surface area contributed by atoms with E-state index in [1.54, 1.807) is 14.2 Å². The van der Waals surface area contributed by atoms with Crippen molar-refractivity contribution >= 4 is 0 Å². The Morgan fingerprint density at radius 3 is 2.88 bits per heavy atom. The molecule has 96 valence electrons. The Bertz CT molecular complexity index is 178. The van der Waals surface area contributed by atoms with E-state index < -0.39 is 0 Å². The van der Waals surface area contributed by atoms with Crippen LogP contribution in [0.25, 0.3) is 0 Å². The fraction of sp³-hybridized carbons (Fsp3) is 1.00. The van der Waals surface area contributed by atoms with E-state index in [9.17, 15) is 0 Å². The van der Waals surface area contributed by atoms with Crippen molar-refractivity contribution in [2.24, 2.45) is 0 Å². The first-order valence-corrected chi connectivity index (χ1v) is 6.23. The smallest absolute Gasteiger partial charge is 0.0613 e. The van der Waals surface area contributed by atoms with Gasteiger partial charge in [0, 0.05) is 39.4 Å². The predicted octanol–water partition coefficient (Wildman–Crippen LogP) is 0.722. The number of hydrogen-bond acceptors (Lipinski definition) is 4. The van der Waals surface area contributed by atoms with E-state index in [-0.39, 0.29) is 0 Å². The lowest BCUT2D eigenvalue weighted by Crippen LogP contribution is -2.43. The summed E-state index contributed by atoms with van der Waals surface area (Å²) in [5.74, 6) is 0. The maximum atomic E-state index is 5.13. The fourth-order valence-corrected chi connectivity index (χ4v) is 2.28. The van der Waals surface area contributed by atoms with Crippen molar-refractivity contribution in [3.63, 3.8) is 0 Å². The van der Waals surface area contributed by atoms with Gasteiger partial charge >= 0.3 is 0 Å². The monoisotopic (exact) mass is 230 g/mol. The topological polar surface area (TPSA) is 33.7 Å². The van der Waals surface area contributed by atoms with E-state index in [4.69, 9.17) is 9.47 Å². The summed E-state index contributed by atoms with van der Waals surface area (Å²) < 4.78 is 10.2. The van der Waals surface area contributed by atoms with Gasteiger partial charge in [0.05, 0.1) is 13.2 Å². The Labute approximate surface area is 99.3 Å². The summed E-state index contributed by atoms with van der Waals surface area (Å²) in [4.78, 5) is 2.52. The average Bonchev–Trinajstić information content (AvgIpc) is 2.71. The molecule has 1 aliphatic rings. The number of ether oxygens (including phenoxy) is 2. The molecule has 0 bridgehead atoms. The summed E-state index contributed by atoms with van der Waals surface area (Å²) in [5.41, 5.74) is 0. The van der Waals surface area contributed by atoms with Gasteiger partial charge in [-0.3, -0.25) is 4.90 Å². The fourth-order valence-electron chi connectivity index (χ4n) is 2.28. The van der Waals surface area contributed by atoms with Gasteiger partial charge in [-0.25, -0.2) is 0 Å². The van der Waals surface area contributed by atoms with Crippen molar-refractivity contribution < 1.29 is 9.47 Å². The minimum atomic E-state index is 0.440. The van der Waals surface area contributed by atoms with Crippen molar-refractivity contribution in [2.45, 2.75) is 31.8 Å². The number of rotatable bonds is 8. The van der Waals surface area contributed by atoms with E-state index in [1.165, 1.54) is 19.4 Å². The van der Waals surface area contributed by atoms with E-state index in [0.29, 0.717) is 12.1 Å². The van der Waals surface area contributed by atoms with Gasteiger partial charge in [-0.1, -0.05) is 0 Å². The van der Waals surface area contributed by atoms with Crippen LogP contribution in [0.3, 0.4) is 0 Å². The number of nitrogens with zero attached hydrogens (tertiary/aromatic N) is 1. The molecule has 1 N–H and O–H groups in total. The molecule has 16 heavy (non-hydrogen) atoms. The highest BCUT2D eigenvalue weighted by molar-refractivity contribution is 4.81. The molecule has 0 radical (unpaired) electrons. The van der Waals surface area contributed by atoms with Crippen LogP contribution in [-0.4, -0.2) is 64.1 Å². The zero-order chi connectivity index (χ0) is 11.8. The van der Waals surface area contributed by atoms with Crippen LogP contribution in [0.5, 0.6) is 0 Å². The van der Waals surface area contributed by atoms with Crippen LogP contribution in [0.2, 0.25) is 0 Å². The molecule has 4 heteroatoms. The highest BCUT2D eigenvalue weighted by Gasteiger charge is 2.23. The molecule has 0 aromatic rings. The quantitative estimate of drug-likeness (QED) is 0.666. The molecule has 0 amide bonds.